The van der Waals surface area contributed by atoms with Crippen LogP contribution in [-0.4, -0.2) is 5.78 Å². The first-order valence-electron chi connectivity index (χ1n) is 6.89. The summed E-state index contributed by atoms with van der Waals surface area (Å²) in [5, 5.41) is 0.648. The first-order valence-corrected chi connectivity index (χ1v) is 6.89. The molecule has 1 aromatic carbocycles. The monoisotopic (exact) mass is 262 g/mol. The molecular formula is C16H19FO2. The summed E-state index contributed by atoms with van der Waals surface area (Å²) in [6, 6.07) is 6.37. The topological polar surface area (TPSA) is 30.2 Å². The maximum absolute atomic E-state index is 13.6. The number of hydrogen-bond acceptors (Lipinski definition) is 2. The molecule has 0 amide bonds. The van der Waals surface area contributed by atoms with Gasteiger partial charge in [-0.3, -0.25) is 4.79 Å². The fourth-order valence-corrected chi connectivity index (χ4v) is 2.45. The Labute approximate surface area is 112 Å². The Morgan fingerprint density at radius 2 is 1.95 bits per heavy atom. The number of carbonyl (C=O) groups is 1. The Kier molecular flexibility index (Phi) is 4.35. The van der Waals surface area contributed by atoms with Gasteiger partial charge in [0.25, 0.3) is 0 Å². The zero-order valence-corrected chi connectivity index (χ0v) is 11.4. The summed E-state index contributed by atoms with van der Waals surface area (Å²) in [5.74, 6) is -0.149. The first kappa shape index (κ1) is 13.8. The minimum atomic E-state index is -0.418. The highest BCUT2D eigenvalue weighted by Crippen LogP contribution is 2.26. The quantitative estimate of drug-likeness (QED) is 0.688. The van der Waals surface area contributed by atoms with Crippen molar-refractivity contribution in [1.29, 1.82) is 0 Å². The van der Waals surface area contributed by atoms with Crippen LogP contribution in [0, 0.1) is 11.7 Å². The summed E-state index contributed by atoms with van der Waals surface area (Å²) in [7, 11) is 0. The molecule has 0 aliphatic rings. The van der Waals surface area contributed by atoms with Gasteiger partial charge in [-0.05, 0) is 25.0 Å². The number of benzene rings is 1. The third-order valence-corrected chi connectivity index (χ3v) is 3.38. The highest BCUT2D eigenvalue weighted by atomic mass is 19.1. The van der Waals surface area contributed by atoms with E-state index >= 15 is 0 Å². The van der Waals surface area contributed by atoms with Crippen LogP contribution in [0.15, 0.2) is 28.7 Å². The number of halogens is 1. The molecular weight excluding hydrogens is 243 g/mol. The summed E-state index contributed by atoms with van der Waals surface area (Å²) >= 11 is 0. The largest absolute Gasteiger partial charge is 0.450 e. The smallest absolute Gasteiger partial charge is 0.201 e. The molecule has 0 saturated carbocycles. The van der Waals surface area contributed by atoms with Crippen molar-refractivity contribution in [2.75, 3.05) is 0 Å². The molecule has 0 fully saturated rings. The molecule has 0 aliphatic carbocycles. The molecule has 1 aromatic heterocycles. The van der Waals surface area contributed by atoms with E-state index in [2.05, 4.69) is 13.8 Å². The van der Waals surface area contributed by atoms with Crippen molar-refractivity contribution >= 4 is 16.8 Å². The normalized spacial score (nSPS) is 11.4. The van der Waals surface area contributed by atoms with Crippen LogP contribution in [0.2, 0.25) is 0 Å². The summed E-state index contributed by atoms with van der Waals surface area (Å²) in [6.07, 6.45) is 3.63. The number of furan rings is 1. The standard InChI is InChI=1S/C16H19FO2/c1-3-6-11(7-4-2)15(18)14-10-12-8-5-9-13(17)16(12)19-14/h5,8-11H,3-4,6-7H2,1-2H3. The van der Waals surface area contributed by atoms with Crippen molar-refractivity contribution in [2.45, 2.75) is 39.5 Å². The number of para-hydroxylation sites is 1. The lowest BCUT2D eigenvalue weighted by Gasteiger charge is -2.11. The van der Waals surface area contributed by atoms with Gasteiger partial charge >= 0.3 is 0 Å². The summed E-state index contributed by atoms with van der Waals surface area (Å²) in [5.41, 5.74) is 0.178. The van der Waals surface area contributed by atoms with Crippen molar-refractivity contribution in [3.8, 4) is 0 Å². The van der Waals surface area contributed by atoms with E-state index in [0.717, 1.165) is 25.7 Å². The van der Waals surface area contributed by atoms with Crippen LogP contribution in [0.4, 0.5) is 4.39 Å². The Bertz CT molecular complexity index is 565. The zero-order chi connectivity index (χ0) is 13.8. The van der Waals surface area contributed by atoms with Gasteiger partial charge in [-0.15, -0.1) is 0 Å². The zero-order valence-electron chi connectivity index (χ0n) is 11.4. The number of rotatable bonds is 6. The van der Waals surface area contributed by atoms with E-state index in [1.165, 1.54) is 6.07 Å². The van der Waals surface area contributed by atoms with Crippen LogP contribution < -0.4 is 0 Å². The number of ketones is 1. The molecule has 2 nitrogen and oxygen atoms in total. The fraction of sp³-hybridized carbons (Fsp3) is 0.438. The molecule has 102 valence electrons. The van der Waals surface area contributed by atoms with E-state index in [1.807, 2.05) is 0 Å². The molecule has 2 rings (SSSR count). The van der Waals surface area contributed by atoms with Gasteiger partial charge in [-0.2, -0.15) is 0 Å². The molecule has 0 aliphatic heterocycles. The third kappa shape index (κ3) is 2.86. The van der Waals surface area contributed by atoms with Crippen molar-refractivity contribution in [3.63, 3.8) is 0 Å². The van der Waals surface area contributed by atoms with Crippen LogP contribution in [0.25, 0.3) is 11.0 Å². The minimum absolute atomic E-state index is 0.000648. The van der Waals surface area contributed by atoms with E-state index in [9.17, 15) is 9.18 Å². The van der Waals surface area contributed by atoms with Crippen LogP contribution in [0.1, 0.15) is 50.1 Å². The van der Waals surface area contributed by atoms with Gasteiger partial charge in [0, 0.05) is 11.3 Å². The first-order chi connectivity index (χ1) is 9.17. The Morgan fingerprint density at radius 1 is 1.26 bits per heavy atom. The second-order valence-electron chi connectivity index (χ2n) is 4.91. The summed E-state index contributed by atoms with van der Waals surface area (Å²) in [6.45, 7) is 4.13. The molecule has 0 N–H and O–H groups in total. The van der Waals surface area contributed by atoms with Crippen molar-refractivity contribution in [1.82, 2.24) is 0 Å². The Morgan fingerprint density at radius 3 is 2.53 bits per heavy atom. The number of fused-ring (bicyclic) bond motifs is 1. The average Bonchev–Trinajstić information content (AvgIpc) is 2.83. The molecule has 0 saturated heterocycles. The van der Waals surface area contributed by atoms with Gasteiger partial charge < -0.3 is 4.42 Å². The molecule has 0 spiro atoms. The molecule has 1 heterocycles. The van der Waals surface area contributed by atoms with Gasteiger partial charge in [0.05, 0.1) is 0 Å². The van der Waals surface area contributed by atoms with Crippen LogP contribution >= 0.6 is 0 Å². The summed E-state index contributed by atoms with van der Waals surface area (Å²) in [4.78, 5) is 12.4. The Hall–Kier alpha value is -1.64. The lowest BCUT2D eigenvalue weighted by Crippen LogP contribution is -2.13. The van der Waals surface area contributed by atoms with Crippen LogP contribution in [0.5, 0.6) is 0 Å². The van der Waals surface area contributed by atoms with Crippen LogP contribution in [0.3, 0.4) is 0 Å². The predicted octanol–water partition coefficient (Wildman–Crippen LogP) is 4.97. The van der Waals surface area contributed by atoms with E-state index in [-0.39, 0.29) is 23.0 Å². The van der Waals surface area contributed by atoms with Crippen LogP contribution in [-0.2, 0) is 0 Å². The fourth-order valence-electron chi connectivity index (χ4n) is 2.45. The third-order valence-electron chi connectivity index (χ3n) is 3.38. The number of carbonyl (C=O) groups excluding carboxylic acids is 1. The SMILES string of the molecule is CCCC(CCC)C(=O)c1cc2cccc(F)c2o1. The van der Waals surface area contributed by atoms with Crippen molar-refractivity contribution in [3.05, 3.63) is 35.8 Å². The van der Waals surface area contributed by atoms with E-state index in [0.29, 0.717) is 5.39 Å². The van der Waals surface area contributed by atoms with Crippen molar-refractivity contribution in [2.24, 2.45) is 5.92 Å². The minimum Gasteiger partial charge on any atom is -0.450 e. The van der Waals surface area contributed by atoms with Gasteiger partial charge in [-0.25, -0.2) is 4.39 Å². The lowest BCUT2D eigenvalue weighted by atomic mass is 9.92. The maximum Gasteiger partial charge on any atom is 0.201 e. The summed E-state index contributed by atoms with van der Waals surface area (Å²) < 4.78 is 19.0. The number of Topliss-reactive ketones (excluding diaryl/α,β-unsaturated/α-hetero) is 1. The Balaban J connectivity index is 2.32. The van der Waals surface area contributed by atoms with Gasteiger partial charge in [0.15, 0.2) is 17.2 Å². The average molecular weight is 262 g/mol. The number of hydrogen-bond donors (Lipinski definition) is 0. The van der Waals surface area contributed by atoms with E-state index in [4.69, 9.17) is 4.42 Å². The second kappa shape index (κ2) is 6.00. The van der Waals surface area contributed by atoms with Crippen molar-refractivity contribution < 1.29 is 13.6 Å². The highest BCUT2D eigenvalue weighted by Gasteiger charge is 2.22. The maximum atomic E-state index is 13.6. The van der Waals surface area contributed by atoms with E-state index < -0.39 is 5.82 Å². The van der Waals surface area contributed by atoms with Gasteiger partial charge in [0.2, 0.25) is 5.78 Å². The molecule has 0 unspecified atom stereocenters. The lowest BCUT2D eigenvalue weighted by molar-refractivity contribution is 0.0878. The highest BCUT2D eigenvalue weighted by molar-refractivity contribution is 5.99. The molecule has 0 atom stereocenters. The van der Waals surface area contributed by atoms with E-state index in [1.54, 1.807) is 18.2 Å². The molecule has 0 radical (unpaired) electrons. The molecule has 2 aromatic rings. The van der Waals surface area contributed by atoms with Gasteiger partial charge in [0.1, 0.15) is 0 Å². The predicted molar refractivity (Wildman–Crippen MR) is 73.8 cm³/mol. The molecule has 0 bridgehead atoms. The van der Waals surface area contributed by atoms with Gasteiger partial charge in [-0.1, -0.05) is 38.8 Å². The molecule has 19 heavy (non-hydrogen) atoms. The second-order valence-corrected chi connectivity index (χ2v) is 4.91. The molecule has 3 heteroatoms.